The fraction of sp³-hybridized carbons (Fsp3) is 0.0870. The van der Waals surface area contributed by atoms with Crippen molar-refractivity contribution in [2.75, 3.05) is 7.11 Å². The minimum atomic E-state index is -0.497. The van der Waals surface area contributed by atoms with E-state index in [1.165, 1.54) is 31.4 Å². The molecule has 0 saturated heterocycles. The van der Waals surface area contributed by atoms with Crippen LogP contribution >= 0.6 is 11.6 Å². The second kappa shape index (κ2) is 9.22. The van der Waals surface area contributed by atoms with E-state index in [1.54, 1.807) is 42.5 Å². The van der Waals surface area contributed by atoms with Crippen molar-refractivity contribution in [3.63, 3.8) is 0 Å². The van der Waals surface area contributed by atoms with Crippen LogP contribution in [0.15, 0.2) is 60.7 Å². The zero-order valence-corrected chi connectivity index (χ0v) is 16.2. The summed E-state index contributed by atoms with van der Waals surface area (Å²) >= 11 is 6.34. The van der Waals surface area contributed by atoms with E-state index in [-0.39, 0.29) is 34.3 Å². The summed E-state index contributed by atoms with van der Waals surface area (Å²) in [5.74, 6) is -0.321. The summed E-state index contributed by atoms with van der Waals surface area (Å²) in [4.78, 5) is 0. The Kier molecular flexibility index (Phi) is 6.48. The Morgan fingerprint density at radius 1 is 1.07 bits per heavy atom. The normalized spacial score (nSPS) is 11.1. The van der Waals surface area contributed by atoms with Crippen LogP contribution in [-0.2, 0) is 6.61 Å². The van der Waals surface area contributed by atoms with E-state index in [4.69, 9.17) is 21.1 Å². The van der Waals surface area contributed by atoms with Gasteiger partial charge in [-0.1, -0.05) is 48.0 Å². The Hall–Kier alpha value is -3.36. The first kappa shape index (κ1) is 20.4. The summed E-state index contributed by atoms with van der Waals surface area (Å²) in [6, 6.07) is 17.4. The monoisotopic (exact) mass is 411 g/mol. The molecular formula is C23H16ClF2NO2. The first-order valence-electron chi connectivity index (χ1n) is 8.64. The quantitative estimate of drug-likeness (QED) is 0.354. The number of nitriles is 1. The van der Waals surface area contributed by atoms with Crippen molar-refractivity contribution in [3.05, 3.63) is 94.0 Å². The maximum absolute atomic E-state index is 14.0. The van der Waals surface area contributed by atoms with Gasteiger partial charge in [-0.2, -0.15) is 5.26 Å². The first-order valence-corrected chi connectivity index (χ1v) is 9.01. The molecule has 29 heavy (non-hydrogen) atoms. The Morgan fingerprint density at radius 2 is 1.76 bits per heavy atom. The largest absolute Gasteiger partial charge is 0.493 e. The summed E-state index contributed by atoms with van der Waals surface area (Å²) < 4.78 is 38.8. The van der Waals surface area contributed by atoms with Gasteiger partial charge in [0.1, 0.15) is 18.2 Å². The molecule has 0 heterocycles. The van der Waals surface area contributed by atoms with Crippen molar-refractivity contribution in [2.24, 2.45) is 0 Å². The molecule has 3 nitrogen and oxygen atoms in total. The molecule has 0 aliphatic heterocycles. The minimum Gasteiger partial charge on any atom is -0.493 e. The molecule has 0 unspecified atom stereocenters. The highest BCUT2D eigenvalue weighted by Gasteiger charge is 2.14. The lowest BCUT2D eigenvalue weighted by atomic mass is 10.0. The molecule has 0 saturated carbocycles. The van der Waals surface area contributed by atoms with Crippen LogP contribution < -0.4 is 9.47 Å². The third-order valence-corrected chi connectivity index (χ3v) is 4.46. The second-order valence-electron chi connectivity index (χ2n) is 6.06. The smallest absolute Gasteiger partial charge is 0.180 e. The molecule has 0 aliphatic carbocycles. The van der Waals surface area contributed by atoms with Gasteiger partial charge in [-0.15, -0.1) is 0 Å². The van der Waals surface area contributed by atoms with E-state index < -0.39 is 5.82 Å². The van der Waals surface area contributed by atoms with Crippen LogP contribution in [0.5, 0.6) is 11.5 Å². The standard InChI is InChI=1S/C23H16ClF2NO2/c1-28-22-12-15(10-17(13-27)18-7-3-5-9-21(18)26)11-19(24)23(22)29-14-16-6-2-4-8-20(16)25/h2-12H,14H2,1H3/b17-10-. The molecule has 0 fully saturated rings. The number of halogens is 3. The van der Waals surface area contributed by atoms with E-state index in [9.17, 15) is 14.0 Å². The number of ether oxygens (including phenoxy) is 2. The average Bonchev–Trinajstić information content (AvgIpc) is 2.72. The molecule has 0 bridgehead atoms. The fourth-order valence-corrected chi connectivity index (χ4v) is 3.02. The van der Waals surface area contributed by atoms with Crippen molar-refractivity contribution in [2.45, 2.75) is 6.61 Å². The van der Waals surface area contributed by atoms with Crippen LogP contribution in [0.3, 0.4) is 0 Å². The number of methoxy groups -OCH3 is 1. The van der Waals surface area contributed by atoms with E-state index in [0.29, 0.717) is 16.9 Å². The molecule has 0 aliphatic rings. The van der Waals surface area contributed by atoms with Crippen LogP contribution in [0.2, 0.25) is 5.02 Å². The number of rotatable bonds is 6. The third-order valence-electron chi connectivity index (χ3n) is 4.18. The van der Waals surface area contributed by atoms with Crippen LogP contribution in [0, 0.1) is 23.0 Å². The van der Waals surface area contributed by atoms with E-state index in [1.807, 2.05) is 6.07 Å². The maximum atomic E-state index is 14.0. The van der Waals surface area contributed by atoms with Gasteiger partial charge in [0.2, 0.25) is 0 Å². The van der Waals surface area contributed by atoms with Crippen molar-refractivity contribution in [1.29, 1.82) is 5.26 Å². The minimum absolute atomic E-state index is 0.0311. The molecule has 0 atom stereocenters. The molecule has 146 valence electrons. The van der Waals surface area contributed by atoms with Gasteiger partial charge in [0.15, 0.2) is 11.5 Å². The number of nitrogens with zero attached hydrogens (tertiary/aromatic N) is 1. The Balaban J connectivity index is 1.93. The highest BCUT2D eigenvalue weighted by atomic mass is 35.5. The van der Waals surface area contributed by atoms with Crippen molar-refractivity contribution >= 4 is 23.3 Å². The molecule has 0 radical (unpaired) electrons. The van der Waals surface area contributed by atoms with Gasteiger partial charge >= 0.3 is 0 Å². The predicted octanol–water partition coefficient (Wildman–Crippen LogP) is 6.27. The van der Waals surface area contributed by atoms with E-state index in [0.717, 1.165) is 0 Å². The van der Waals surface area contributed by atoms with Crippen LogP contribution in [0.25, 0.3) is 11.6 Å². The summed E-state index contributed by atoms with van der Waals surface area (Å²) in [5.41, 5.74) is 1.23. The highest BCUT2D eigenvalue weighted by Crippen LogP contribution is 2.38. The number of benzene rings is 3. The molecule has 6 heteroatoms. The summed E-state index contributed by atoms with van der Waals surface area (Å²) in [7, 11) is 1.44. The lowest BCUT2D eigenvalue weighted by molar-refractivity contribution is 0.280. The first-order chi connectivity index (χ1) is 14.0. The number of hydrogen-bond donors (Lipinski definition) is 0. The van der Waals surface area contributed by atoms with Gasteiger partial charge in [0.05, 0.1) is 23.8 Å². The topological polar surface area (TPSA) is 42.2 Å². The zero-order chi connectivity index (χ0) is 20.8. The zero-order valence-electron chi connectivity index (χ0n) is 15.5. The van der Waals surface area contributed by atoms with Gasteiger partial charge in [0.25, 0.3) is 0 Å². The Morgan fingerprint density at radius 3 is 2.41 bits per heavy atom. The van der Waals surface area contributed by atoms with Crippen molar-refractivity contribution in [3.8, 4) is 17.6 Å². The summed E-state index contributed by atoms with van der Waals surface area (Å²) in [5, 5.41) is 9.66. The highest BCUT2D eigenvalue weighted by molar-refractivity contribution is 6.32. The molecule has 3 rings (SSSR count). The number of allylic oxidation sites excluding steroid dienone is 1. The van der Waals surface area contributed by atoms with Crippen LogP contribution in [0.4, 0.5) is 8.78 Å². The third kappa shape index (κ3) is 4.74. The van der Waals surface area contributed by atoms with Gasteiger partial charge in [-0.3, -0.25) is 0 Å². The van der Waals surface area contributed by atoms with Gasteiger partial charge in [-0.05, 0) is 35.9 Å². The fourth-order valence-electron chi connectivity index (χ4n) is 2.75. The average molecular weight is 412 g/mol. The molecule has 3 aromatic carbocycles. The van der Waals surface area contributed by atoms with E-state index >= 15 is 0 Å². The van der Waals surface area contributed by atoms with Crippen molar-refractivity contribution in [1.82, 2.24) is 0 Å². The molecule has 0 aromatic heterocycles. The lowest BCUT2D eigenvalue weighted by Gasteiger charge is -2.14. The van der Waals surface area contributed by atoms with Gasteiger partial charge in [-0.25, -0.2) is 8.78 Å². The molecule has 3 aromatic rings. The Bertz CT molecular complexity index is 1110. The number of hydrogen-bond acceptors (Lipinski definition) is 3. The van der Waals surface area contributed by atoms with Crippen molar-refractivity contribution < 1.29 is 18.3 Å². The van der Waals surface area contributed by atoms with E-state index in [2.05, 4.69) is 0 Å². The Labute approximate surface area is 172 Å². The van der Waals surface area contributed by atoms with Crippen LogP contribution in [-0.4, -0.2) is 7.11 Å². The summed E-state index contributed by atoms with van der Waals surface area (Å²) in [6.07, 6.45) is 1.51. The lowest BCUT2D eigenvalue weighted by Crippen LogP contribution is -2.01. The molecule has 0 spiro atoms. The summed E-state index contributed by atoms with van der Waals surface area (Å²) in [6.45, 7) is -0.0311. The molecular weight excluding hydrogens is 396 g/mol. The molecule has 0 amide bonds. The maximum Gasteiger partial charge on any atom is 0.180 e. The molecule has 0 N–H and O–H groups in total. The van der Waals surface area contributed by atoms with Gasteiger partial charge < -0.3 is 9.47 Å². The SMILES string of the molecule is COc1cc(/C=C(/C#N)c2ccccc2F)cc(Cl)c1OCc1ccccc1F. The van der Waals surface area contributed by atoms with Crippen LogP contribution in [0.1, 0.15) is 16.7 Å². The van der Waals surface area contributed by atoms with Gasteiger partial charge in [0, 0.05) is 11.1 Å². The predicted molar refractivity (Wildman–Crippen MR) is 109 cm³/mol. The second-order valence-corrected chi connectivity index (χ2v) is 6.47.